The summed E-state index contributed by atoms with van der Waals surface area (Å²) in [6.45, 7) is 1.06. The van der Waals surface area contributed by atoms with E-state index in [0.29, 0.717) is 25.1 Å². The second-order valence-corrected chi connectivity index (χ2v) is 5.95. The number of para-hydroxylation sites is 1. The summed E-state index contributed by atoms with van der Waals surface area (Å²) in [6, 6.07) is 16.3. The second kappa shape index (κ2) is 8.14. The number of halogens is 1. The summed E-state index contributed by atoms with van der Waals surface area (Å²) in [5.74, 6) is -0.178. The molecule has 1 saturated heterocycles. The molecule has 2 amide bonds. The largest absolute Gasteiger partial charge is 0.330 e. The van der Waals surface area contributed by atoms with E-state index >= 15 is 0 Å². The van der Waals surface area contributed by atoms with Crippen molar-refractivity contribution < 1.29 is 9.59 Å². The molecule has 0 saturated carbocycles. The van der Waals surface area contributed by atoms with Crippen molar-refractivity contribution in [1.29, 1.82) is 0 Å². The van der Waals surface area contributed by atoms with Crippen LogP contribution in [0.1, 0.15) is 22.3 Å². The van der Waals surface area contributed by atoms with Gasteiger partial charge in [-0.2, -0.15) is 0 Å². The molecule has 3 rings (SSSR count). The van der Waals surface area contributed by atoms with Crippen LogP contribution in [0.3, 0.4) is 0 Å². The molecule has 1 unspecified atom stereocenters. The number of carbonyl (C=O) groups excluding carboxylic acids is 2. The van der Waals surface area contributed by atoms with Crippen molar-refractivity contribution in [3.63, 3.8) is 0 Å². The Labute approximate surface area is 153 Å². The van der Waals surface area contributed by atoms with E-state index in [1.807, 2.05) is 42.5 Å². The van der Waals surface area contributed by atoms with Crippen LogP contribution in [0.15, 0.2) is 54.6 Å². The number of carbonyl (C=O) groups is 2. The SMILES string of the molecule is CN(C(=O)c1ccc(CN)cc1)C1CCN(c2ccccc2)C1=O.Cl. The van der Waals surface area contributed by atoms with E-state index < -0.39 is 6.04 Å². The predicted octanol–water partition coefficient (Wildman–Crippen LogP) is 2.44. The summed E-state index contributed by atoms with van der Waals surface area (Å²) in [6.07, 6.45) is 0.636. The van der Waals surface area contributed by atoms with E-state index in [0.717, 1.165) is 11.3 Å². The van der Waals surface area contributed by atoms with Gasteiger partial charge in [0, 0.05) is 31.4 Å². The topological polar surface area (TPSA) is 66.6 Å². The Morgan fingerprint density at radius 3 is 2.40 bits per heavy atom. The maximum absolute atomic E-state index is 12.7. The fourth-order valence-electron chi connectivity index (χ4n) is 3.02. The lowest BCUT2D eigenvalue weighted by Gasteiger charge is -2.24. The van der Waals surface area contributed by atoms with E-state index in [4.69, 9.17) is 5.73 Å². The molecular formula is C19H22ClN3O2. The molecule has 5 nitrogen and oxygen atoms in total. The second-order valence-electron chi connectivity index (χ2n) is 5.95. The molecule has 0 aromatic heterocycles. The third-order valence-electron chi connectivity index (χ3n) is 4.47. The van der Waals surface area contributed by atoms with Crippen molar-refractivity contribution in [3.05, 3.63) is 65.7 Å². The zero-order valence-corrected chi connectivity index (χ0v) is 14.9. The van der Waals surface area contributed by atoms with Crippen LogP contribution in [0.2, 0.25) is 0 Å². The number of likely N-dealkylation sites (N-methyl/N-ethyl adjacent to an activating group) is 1. The molecule has 1 atom stereocenters. The molecule has 2 N–H and O–H groups in total. The average Bonchev–Trinajstić information content (AvgIpc) is 3.02. The van der Waals surface area contributed by atoms with Crippen molar-refractivity contribution in [2.45, 2.75) is 19.0 Å². The number of benzene rings is 2. The van der Waals surface area contributed by atoms with Gasteiger partial charge in [-0.15, -0.1) is 12.4 Å². The normalized spacial score (nSPS) is 16.5. The van der Waals surface area contributed by atoms with Gasteiger partial charge in [-0.05, 0) is 36.2 Å². The Bertz CT molecular complexity index is 734. The number of nitrogens with two attached hydrogens (primary N) is 1. The summed E-state index contributed by atoms with van der Waals surface area (Å²) in [4.78, 5) is 28.6. The van der Waals surface area contributed by atoms with Gasteiger partial charge in [-0.1, -0.05) is 30.3 Å². The van der Waals surface area contributed by atoms with Gasteiger partial charge < -0.3 is 15.5 Å². The lowest BCUT2D eigenvalue weighted by molar-refractivity contribution is -0.120. The standard InChI is InChI=1S/C19H21N3O2.ClH/c1-21(18(23)15-9-7-14(13-20)8-10-15)17-11-12-22(19(17)24)16-5-3-2-4-6-16;/h2-10,17H,11-13,20H2,1H3;1H. The lowest BCUT2D eigenvalue weighted by atomic mass is 10.1. The van der Waals surface area contributed by atoms with Gasteiger partial charge in [-0.3, -0.25) is 9.59 Å². The van der Waals surface area contributed by atoms with Crippen LogP contribution >= 0.6 is 12.4 Å². The minimum atomic E-state index is -0.424. The molecule has 2 aromatic carbocycles. The highest BCUT2D eigenvalue weighted by Gasteiger charge is 2.37. The van der Waals surface area contributed by atoms with Crippen LogP contribution in [-0.2, 0) is 11.3 Å². The highest BCUT2D eigenvalue weighted by Crippen LogP contribution is 2.24. The predicted molar refractivity (Wildman–Crippen MR) is 101 cm³/mol. The third-order valence-corrected chi connectivity index (χ3v) is 4.47. The molecule has 2 aromatic rings. The Hall–Kier alpha value is -2.37. The lowest BCUT2D eigenvalue weighted by Crippen LogP contribution is -2.43. The number of amides is 2. The van der Waals surface area contributed by atoms with Crippen LogP contribution in [0.5, 0.6) is 0 Å². The molecule has 0 bridgehead atoms. The zero-order chi connectivity index (χ0) is 17.1. The van der Waals surface area contributed by atoms with Crippen LogP contribution in [0.4, 0.5) is 5.69 Å². The smallest absolute Gasteiger partial charge is 0.254 e. The first kappa shape index (κ1) is 19.0. The van der Waals surface area contributed by atoms with Crippen molar-refractivity contribution in [2.24, 2.45) is 5.73 Å². The zero-order valence-electron chi connectivity index (χ0n) is 14.1. The van der Waals surface area contributed by atoms with Crippen molar-refractivity contribution in [3.8, 4) is 0 Å². The number of hydrogen-bond donors (Lipinski definition) is 1. The van der Waals surface area contributed by atoms with Gasteiger partial charge in [-0.25, -0.2) is 0 Å². The maximum Gasteiger partial charge on any atom is 0.254 e. The minimum absolute atomic E-state index is 0. The van der Waals surface area contributed by atoms with Crippen LogP contribution in [0, 0.1) is 0 Å². The fourth-order valence-corrected chi connectivity index (χ4v) is 3.02. The van der Waals surface area contributed by atoms with Crippen molar-refractivity contribution in [1.82, 2.24) is 4.90 Å². The molecule has 0 aliphatic carbocycles. The number of rotatable bonds is 4. The summed E-state index contributed by atoms with van der Waals surface area (Å²) in [7, 11) is 1.69. The van der Waals surface area contributed by atoms with Gasteiger partial charge in [0.2, 0.25) is 5.91 Å². The maximum atomic E-state index is 12.7. The Morgan fingerprint density at radius 2 is 1.80 bits per heavy atom. The van der Waals surface area contributed by atoms with Crippen LogP contribution < -0.4 is 10.6 Å². The fraction of sp³-hybridized carbons (Fsp3) is 0.263. The van der Waals surface area contributed by atoms with Gasteiger partial charge in [0.15, 0.2) is 0 Å². The highest BCUT2D eigenvalue weighted by molar-refractivity contribution is 6.03. The molecule has 1 fully saturated rings. The van der Waals surface area contributed by atoms with E-state index in [-0.39, 0.29) is 24.2 Å². The Balaban J connectivity index is 0.00000225. The monoisotopic (exact) mass is 359 g/mol. The number of nitrogens with zero attached hydrogens (tertiary/aromatic N) is 2. The molecule has 1 aliphatic heterocycles. The third kappa shape index (κ3) is 3.83. The van der Waals surface area contributed by atoms with E-state index in [2.05, 4.69) is 0 Å². The molecule has 25 heavy (non-hydrogen) atoms. The first-order chi connectivity index (χ1) is 11.6. The van der Waals surface area contributed by atoms with Crippen molar-refractivity contribution in [2.75, 3.05) is 18.5 Å². The Kier molecular flexibility index (Phi) is 6.17. The molecule has 6 heteroatoms. The molecular weight excluding hydrogens is 338 g/mol. The summed E-state index contributed by atoms with van der Waals surface area (Å²) in [5, 5.41) is 0. The average molecular weight is 360 g/mol. The molecule has 0 spiro atoms. The molecule has 0 radical (unpaired) electrons. The van der Waals surface area contributed by atoms with Gasteiger partial charge >= 0.3 is 0 Å². The molecule has 1 aliphatic rings. The minimum Gasteiger partial charge on any atom is -0.330 e. The highest BCUT2D eigenvalue weighted by atomic mass is 35.5. The van der Waals surface area contributed by atoms with E-state index in [9.17, 15) is 9.59 Å². The first-order valence-corrected chi connectivity index (χ1v) is 8.04. The molecule has 1 heterocycles. The Morgan fingerprint density at radius 1 is 1.16 bits per heavy atom. The summed E-state index contributed by atoms with van der Waals surface area (Å²) in [5.41, 5.74) is 8.00. The van der Waals surface area contributed by atoms with Crippen LogP contribution in [-0.4, -0.2) is 36.3 Å². The first-order valence-electron chi connectivity index (χ1n) is 8.04. The van der Waals surface area contributed by atoms with Crippen molar-refractivity contribution >= 4 is 29.9 Å². The summed E-state index contributed by atoms with van der Waals surface area (Å²) < 4.78 is 0. The summed E-state index contributed by atoms with van der Waals surface area (Å²) >= 11 is 0. The van der Waals surface area contributed by atoms with Gasteiger partial charge in [0.05, 0.1) is 0 Å². The van der Waals surface area contributed by atoms with Gasteiger partial charge in [0.25, 0.3) is 5.91 Å². The number of anilines is 1. The molecule has 132 valence electrons. The van der Waals surface area contributed by atoms with Crippen LogP contribution in [0.25, 0.3) is 0 Å². The number of hydrogen-bond acceptors (Lipinski definition) is 3. The quantitative estimate of drug-likeness (QED) is 0.911. The van der Waals surface area contributed by atoms with E-state index in [1.165, 1.54) is 0 Å². The van der Waals surface area contributed by atoms with E-state index in [1.54, 1.807) is 29.0 Å². The van der Waals surface area contributed by atoms with Gasteiger partial charge in [0.1, 0.15) is 6.04 Å².